The third kappa shape index (κ3) is 3.01. The molecule has 5 heteroatoms. The van der Waals surface area contributed by atoms with Crippen LogP contribution < -0.4 is 9.47 Å². The lowest BCUT2D eigenvalue weighted by molar-refractivity contribution is 0.100. The number of nitrogens with zero attached hydrogens (tertiary/aromatic N) is 2. The van der Waals surface area contributed by atoms with Gasteiger partial charge in [0, 0.05) is 16.8 Å². The van der Waals surface area contributed by atoms with Gasteiger partial charge in [-0.25, -0.2) is 4.68 Å². The monoisotopic (exact) mass is 360 g/mol. The number of para-hydroxylation sites is 1. The van der Waals surface area contributed by atoms with Crippen LogP contribution in [0.2, 0.25) is 0 Å². The number of rotatable bonds is 3. The predicted octanol–water partition coefficient (Wildman–Crippen LogP) is 4.16. The Labute approximate surface area is 157 Å². The van der Waals surface area contributed by atoms with Crippen molar-refractivity contribution in [2.45, 2.75) is 13.8 Å². The number of methoxy groups -OCH3 is 1. The van der Waals surface area contributed by atoms with Crippen LogP contribution in [0.25, 0.3) is 11.8 Å². The molecule has 0 spiro atoms. The van der Waals surface area contributed by atoms with Crippen LogP contribution in [0.4, 0.5) is 0 Å². The molecule has 0 N–H and O–H groups in total. The van der Waals surface area contributed by atoms with Crippen molar-refractivity contribution in [2.75, 3.05) is 13.7 Å². The van der Waals surface area contributed by atoms with Crippen LogP contribution in [0.5, 0.6) is 11.5 Å². The molecule has 1 aliphatic heterocycles. The van der Waals surface area contributed by atoms with Gasteiger partial charge >= 0.3 is 0 Å². The van der Waals surface area contributed by atoms with Gasteiger partial charge < -0.3 is 9.47 Å². The lowest BCUT2D eigenvalue weighted by Crippen LogP contribution is -2.19. The third-order valence-electron chi connectivity index (χ3n) is 4.77. The van der Waals surface area contributed by atoms with E-state index in [2.05, 4.69) is 5.10 Å². The number of ketones is 1. The highest BCUT2D eigenvalue weighted by molar-refractivity contribution is 6.14. The SMILES string of the molecule is COc1ccc2c(c1)C(=O)C(=Cc1c(C)nn(-c3ccccc3)c1C)CO2. The van der Waals surface area contributed by atoms with Crippen molar-refractivity contribution in [1.82, 2.24) is 9.78 Å². The van der Waals surface area contributed by atoms with Crippen molar-refractivity contribution >= 4 is 11.9 Å². The molecule has 0 fully saturated rings. The Kier molecular flexibility index (Phi) is 4.28. The van der Waals surface area contributed by atoms with E-state index in [0.717, 1.165) is 22.6 Å². The Morgan fingerprint density at radius 3 is 2.67 bits per heavy atom. The summed E-state index contributed by atoms with van der Waals surface area (Å²) in [6, 6.07) is 15.2. The number of hydrogen-bond donors (Lipinski definition) is 0. The minimum absolute atomic E-state index is 0.0404. The summed E-state index contributed by atoms with van der Waals surface area (Å²) in [5.74, 6) is 1.18. The maximum absolute atomic E-state index is 13.0. The van der Waals surface area contributed by atoms with Crippen molar-refractivity contribution in [3.63, 3.8) is 0 Å². The topological polar surface area (TPSA) is 53.3 Å². The molecule has 0 aliphatic carbocycles. The molecule has 0 unspecified atom stereocenters. The number of carbonyl (C=O) groups is 1. The number of aryl methyl sites for hydroxylation is 1. The summed E-state index contributed by atoms with van der Waals surface area (Å²) in [6.45, 7) is 4.20. The van der Waals surface area contributed by atoms with Crippen molar-refractivity contribution in [3.8, 4) is 17.2 Å². The minimum atomic E-state index is -0.0404. The molecule has 0 saturated carbocycles. The minimum Gasteiger partial charge on any atom is -0.497 e. The molecule has 1 aliphatic rings. The van der Waals surface area contributed by atoms with Gasteiger partial charge in [0.15, 0.2) is 5.78 Å². The van der Waals surface area contributed by atoms with Crippen LogP contribution in [0.3, 0.4) is 0 Å². The number of ether oxygens (including phenoxy) is 2. The highest BCUT2D eigenvalue weighted by Gasteiger charge is 2.25. The van der Waals surface area contributed by atoms with E-state index in [1.54, 1.807) is 25.3 Å². The van der Waals surface area contributed by atoms with Crippen LogP contribution in [0.15, 0.2) is 54.1 Å². The largest absolute Gasteiger partial charge is 0.497 e. The van der Waals surface area contributed by atoms with Crippen molar-refractivity contribution < 1.29 is 14.3 Å². The highest BCUT2D eigenvalue weighted by Crippen LogP contribution is 2.32. The number of Topliss-reactive ketones (excluding diaryl/α,β-unsaturated/α-hetero) is 1. The first-order valence-electron chi connectivity index (χ1n) is 8.76. The number of aromatic nitrogens is 2. The summed E-state index contributed by atoms with van der Waals surface area (Å²) in [7, 11) is 1.58. The van der Waals surface area contributed by atoms with E-state index in [1.807, 2.05) is 54.9 Å². The van der Waals surface area contributed by atoms with E-state index in [9.17, 15) is 4.79 Å². The second-order valence-electron chi connectivity index (χ2n) is 6.48. The predicted molar refractivity (Wildman–Crippen MR) is 104 cm³/mol. The molecule has 0 saturated heterocycles. The smallest absolute Gasteiger partial charge is 0.196 e. The number of hydrogen-bond acceptors (Lipinski definition) is 4. The summed E-state index contributed by atoms with van der Waals surface area (Å²) in [5.41, 5.74) is 4.91. The average Bonchev–Trinajstić information content (AvgIpc) is 2.98. The maximum atomic E-state index is 13.0. The van der Waals surface area contributed by atoms with Gasteiger partial charge in [0.1, 0.15) is 18.1 Å². The zero-order chi connectivity index (χ0) is 19.0. The molecule has 5 nitrogen and oxygen atoms in total. The summed E-state index contributed by atoms with van der Waals surface area (Å²) < 4.78 is 12.9. The summed E-state index contributed by atoms with van der Waals surface area (Å²) in [6.07, 6.45) is 1.89. The summed E-state index contributed by atoms with van der Waals surface area (Å²) in [5, 5.41) is 4.64. The Hall–Kier alpha value is -3.34. The van der Waals surface area contributed by atoms with Gasteiger partial charge in [-0.2, -0.15) is 5.10 Å². The average molecular weight is 360 g/mol. The second kappa shape index (κ2) is 6.76. The molecular weight excluding hydrogens is 340 g/mol. The van der Waals surface area contributed by atoms with Gasteiger partial charge in [0.25, 0.3) is 0 Å². The molecule has 4 rings (SSSR count). The van der Waals surface area contributed by atoms with Crippen LogP contribution in [-0.2, 0) is 0 Å². The Morgan fingerprint density at radius 1 is 1.15 bits per heavy atom. The number of fused-ring (bicyclic) bond motifs is 1. The number of benzene rings is 2. The molecule has 0 bridgehead atoms. The summed E-state index contributed by atoms with van der Waals surface area (Å²) in [4.78, 5) is 13.0. The van der Waals surface area contributed by atoms with Gasteiger partial charge in [0.05, 0.1) is 24.1 Å². The van der Waals surface area contributed by atoms with Gasteiger partial charge in [-0.15, -0.1) is 0 Å². The van der Waals surface area contributed by atoms with E-state index in [0.29, 0.717) is 22.6 Å². The quantitative estimate of drug-likeness (QED) is 0.658. The van der Waals surface area contributed by atoms with Gasteiger partial charge in [-0.05, 0) is 50.3 Å². The lowest BCUT2D eigenvalue weighted by Gasteiger charge is -2.19. The molecule has 1 aromatic heterocycles. The lowest BCUT2D eigenvalue weighted by atomic mass is 9.97. The van der Waals surface area contributed by atoms with Gasteiger partial charge in [0.2, 0.25) is 0 Å². The Morgan fingerprint density at radius 2 is 1.93 bits per heavy atom. The van der Waals surface area contributed by atoms with Crippen LogP contribution in [-0.4, -0.2) is 29.3 Å². The first-order chi connectivity index (χ1) is 13.1. The highest BCUT2D eigenvalue weighted by atomic mass is 16.5. The molecule has 2 aromatic carbocycles. The number of carbonyl (C=O) groups excluding carboxylic acids is 1. The molecule has 0 radical (unpaired) electrons. The van der Waals surface area contributed by atoms with Gasteiger partial charge in [-0.1, -0.05) is 18.2 Å². The molecular formula is C22H20N2O3. The third-order valence-corrected chi connectivity index (χ3v) is 4.77. The molecule has 0 amide bonds. The zero-order valence-corrected chi connectivity index (χ0v) is 15.5. The normalized spacial score (nSPS) is 14.8. The van der Waals surface area contributed by atoms with E-state index >= 15 is 0 Å². The molecule has 0 atom stereocenters. The van der Waals surface area contributed by atoms with Crippen molar-refractivity contribution in [3.05, 3.63) is 76.6 Å². The zero-order valence-electron chi connectivity index (χ0n) is 15.5. The fraction of sp³-hybridized carbons (Fsp3) is 0.182. The van der Waals surface area contributed by atoms with Crippen LogP contribution in [0, 0.1) is 13.8 Å². The fourth-order valence-corrected chi connectivity index (χ4v) is 3.30. The Balaban J connectivity index is 1.74. The molecule has 27 heavy (non-hydrogen) atoms. The maximum Gasteiger partial charge on any atom is 0.196 e. The van der Waals surface area contributed by atoms with Crippen molar-refractivity contribution in [1.29, 1.82) is 0 Å². The van der Waals surface area contributed by atoms with E-state index in [-0.39, 0.29) is 12.4 Å². The fourth-order valence-electron chi connectivity index (χ4n) is 3.30. The van der Waals surface area contributed by atoms with E-state index in [1.165, 1.54) is 0 Å². The molecule has 3 aromatic rings. The van der Waals surface area contributed by atoms with Crippen molar-refractivity contribution in [2.24, 2.45) is 0 Å². The first kappa shape index (κ1) is 17.1. The first-order valence-corrected chi connectivity index (χ1v) is 8.76. The van der Waals surface area contributed by atoms with E-state index in [4.69, 9.17) is 9.47 Å². The second-order valence-corrected chi connectivity index (χ2v) is 6.48. The van der Waals surface area contributed by atoms with Crippen LogP contribution in [0.1, 0.15) is 27.3 Å². The van der Waals surface area contributed by atoms with Gasteiger partial charge in [-0.3, -0.25) is 4.79 Å². The Bertz CT molecular complexity index is 1050. The van der Waals surface area contributed by atoms with Crippen LogP contribution >= 0.6 is 0 Å². The standard InChI is InChI=1S/C22H20N2O3/c1-14-19(15(2)24(23-14)17-7-5-4-6-8-17)11-16-13-27-21-10-9-18(26-3)12-20(21)22(16)25/h4-12H,13H2,1-3H3. The van der Waals surface area contributed by atoms with E-state index < -0.39 is 0 Å². The molecule has 2 heterocycles. The summed E-state index contributed by atoms with van der Waals surface area (Å²) >= 11 is 0. The molecule has 136 valence electrons.